The van der Waals surface area contributed by atoms with Gasteiger partial charge in [-0.05, 0) is 43.7 Å². The topological polar surface area (TPSA) is 51.2 Å². The number of hydrogen-bond donors (Lipinski definition) is 1. The van der Waals surface area contributed by atoms with Crippen molar-refractivity contribution in [1.82, 2.24) is 10.3 Å². The maximum Gasteiger partial charge on any atom is 0.220 e. The first-order valence-electron chi connectivity index (χ1n) is 8.08. The maximum atomic E-state index is 12.1. The van der Waals surface area contributed by atoms with Crippen LogP contribution in [0.25, 0.3) is 0 Å². The molecule has 1 aliphatic rings. The quantitative estimate of drug-likeness (QED) is 0.916. The molecule has 0 bridgehead atoms. The standard InChI is InChI=1S/C18H22N2O2S/c1-13-17(23-12-20-13)6-7-18(21)19-11-14-8-9-22-16-5-3-2-4-15(16)10-14/h2-5,12,14H,6-11H2,1H3,(H,19,21). The maximum absolute atomic E-state index is 12.1. The van der Waals surface area contributed by atoms with Crippen molar-refractivity contribution in [2.45, 2.75) is 32.6 Å². The van der Waals surface area contributed by atoms with Gasteiger partial charge in [-0.25, -0.2) is 4.98 Å². The van der Waals surface area contributed by atoms with Gasteiger partial charge in [0.05, 0.1) is 17.8 Å². The minimum atomic E-state index is 0.122. The zero-order valence-corrected chi connectivity index (χ0v) is 14.2. The zero-order valence-electron chi connectivity index (χ0n) is 13.4. The number of nitrogens with one attached hydrogen (secondary N) is 1. The third-order valence-electron chi connectivity index (χ3n) is 4.28. The molecule has 0 radical (unpaired) electrons. The van der Waals surface area contributed by atoms with Gasteiger partial charge in [0.1, 0.15) is 5.75 Å². The summed E-state index contributed by atoms with van der Waals surface area (Å²) < 4.78 is 5.78. The van der Waals surface area contributed by atoms with Crippen molar-refractivity contribution in [2.75, 3.05) is 13.2 Å². The van der Waals surface area contributed by atoms with Crippen LogP contribution in [0.3, 0.4) is 0 Å². The van der Waals surface area contributed by atoms with Crippen LogP contribution in [-0.2, 0) is 17.6 Å². The molecule has 5 heteroatoms. The average Bonchev–Trinajstić information content (AvgIpc) is 2.85. The SMILES string of the molecule is Cc1ncsc1CCC(=O)NCC1CCOc2ccccc2C1. The summed E-state index contributed by atoms with van der Waals surface area (Å²) in [5.74, 6) is 1.55. The summed E-state index contributed by atoms with van der Waals surface area (Å²) in [6.07, 6.45) is 3.25. The third-order valence-corrected chi connectivity index (χ3v) is 5.27. The smallest absolute Gasteiger partial charge is 0.220 e. The highest BCUT2D eigenvalue weighted by Gasteiger charge is 2.18. The Morgan fingerprint density at radius 3 is 3.13 bits per heavy atom. The van der Waals surface area contributed by atoms with Crippen molar-refractivity contribution in [3.05, 3.63) is 45.9 Å². The molecule has 1 amide bonds. The number of hydrogen-bond acceptors (Lipinski definition) is 4. The number of nitrogens with zero attached hydrogens (tertiary/aromatic N) is 1. The van der Waals surface area contributed by atoms with E-state index in [4.69, 9.17) is 4.74 Å². The summed E-state index contributed by atoms with van der Waals surface area (Å²) in [6.45, 7) is 3.43. The van der Waals surface area contributed by atoms with Crippen LogP contribution in [0.5, 0.6) is 5.75 Å². The van der Waals surface area contributed by atoms with E-state index in [2.05, 4.69) is 16.4 Å². The number of aryl methyl sites for hydroxylation is 2. The lowest BCUT2D eigenvalue weighted by Crippen LogP contribution is -2.30. The molecule has 1 aromatic carbocycles. The minimum absolute atomic E-state index is 0.122. The Balaban J connectivity index is 1.46. The van der Waals surface area contributed by atoms with Crippen molar-refractivity contribution >= 4 is 17.2 Å². The summed E-state index contributed by atoms with van der Waals surface area (Å²) in [7, 11) is 0. The molecular formula is C18H22N2O2S. The van der Waals surface area contributed by atoms with Gasteiger partial charge < -0.3 is 10.1 Å². The predicted molar refractivity (Wildman–Crippen MR) is 91.9 cm³/mol. The van der Waals surface area contributed by atoms with Crippen molar-refractivity contribution in [3.8, 4) is 5.75 Å². The fraction of sp³-hybridized carbons (Fsp3) is 0.444. The zero-order chi connectivity index (χ0) is 16.1. The van der Waals surface area contributed by atoms with E-state index in [1.165, 1.54) is 10.4 Å². The molecule has 0 spiro atoms. The van der Waals surface area contributed by atoms with Gasteiger partial charge in [-0.2, -0.15) is 0 Å². The average molecular weight is 330 g/mol. The Bertz CT molecular complexity index is 669. The summed E-state index contributed by atoms with van der Waals surface area (Å²) in [6, 6.07) is 8.18. The monoisotopic (exact) mass is 330 g/mol. The summed E-state index contributed by atoms with van der Waals surface area (Å²) >= 11 is 1.63. The Hall–Kier alpha value is -1.88. The van der Waals surface area contributed by atoms with Crippen LogP contribution in [0.1, 0.15) is 29.0 Å². The van der Waals surface area contributed by atoms with E-state index in [1.807, 2.05) is 30.6 Å². The lowest BCUT2D eigenvalue weighted by molar-refractivity contribution is -0.121. The van der Waals surface area contributed by atoms with Gasteiger partial charge >= 0.3 is 0 Å². The molecule has 2 aromatic rings. The number of fused-ring (bicyclic) bond motifs is 1. The van der Waals surface area contributed by atoms with Crippen molar-refractivity contribution in [3.63, 3.8) is 0 Å². The van der Waals surface area contributed by atoms with E-state index >= 15 is 0 Å². The van der Waals surface area contributed by atoms with E-state index in [9.17, 15) is 4.79 Å². The minimum Gasteiger partial charge on any atom is -0.493 e. The second kappa shape index (κ2) is 7.59. The Morgan fingerprint density at radius 2 is 2.30 bits per heavy atom. The number of ether oxygens (including phenoxy) is 1. The first-order chi connectivity index (χ1) is 11.2. The summed E-state index contributed by atoms with van der Waals surface area (Å²) in [5.41, 5.74) is 4.12. The molecule has 1 atom stereocenters. The summed E-state index contributed by atoms with van der Waals surface area (Å²) in [5, 5.41) is 3.08. The highest BCUT2D eigenvalue weighted by Crippen LogP contribution is 2.26. The van der Waals surface area contributed by atoms with Gasteiger partial charge in [-0.15, -0.1) is 11.3 Å². The first-order valence-corrected chi connectivity index (χ1v) is 8.96. The van der Waals surface area contributed by atoms with E-state index < -0.39 is 0 Å². The van der Waals surface area contributed by atoms with E-state index in [0.717, 1.165) is 43.9 Å². The molecule has 1 unspecified atom stereocenters. The van der Waals surface area contributed by atoms with E-state index in [-0.39, 0.29) is 5.91 Å². The number of amides is 1. The molecular weight excluding hydrogens is 308 g/mol. The normalized spacial score (nSPS) is 17.0. The van der Waals surface area contributed by atoms with Crippen LogP contribution >= 0.6 is 11.3 Å². The van der Waals surface area contributed by atoms with Crippen molar-refractivity contribution in [1.29, 1.82) is 0 Å². The molecule has 0 saturated heterocycles. The molecule has 122 valence electrons. The molecule has 2 heterocycles. The third kappa shape index (κ3) is 4.32. The number of benzene rings is 1. The molecule has 1 aromatic heterocycles. The van der Waals surface area contributed by atoms with Crippen LogP contribution in [0.15, 0.2) is 29.8 Å². The van der Waals surface area contributed by atoms with Crippen LogP contribution in [0.2, 0.25) is 0 Å². The molecule has 3 rings (SSSR count). The molecule has 4 nitrogen and oxygen atoms in total. The van der Waals surface area contributed by atoms with Gasteiger partial charge in [0.2, 0.25) is 5.91 Å². The van der Waals surface area contributed by atoms with Gasteiger partial charge in [-0.3, -0.25) is 4.79 Å². The second-order valence-electron chi connectivity index (χ2n) is 5.98. The largest absolute Gasteiger partial charge is 0.493 e. The molecule has 1 N–H and O–H groups in total. The highest BCUT2D eigenvalue weighted by molar-refractivity contribution is 7.09. The Morgan fingerprint density at radius 1 is 1.43 bits per heavy atom. The molecule has 0 fully saturated rings. The molecule has 0 saturated carbocycles. The fourth-order valence-electron chi connectivity index (χ4n) is 2.88. The predicted octanol–water partition coefficient (Wildman–Crippen LogP) is 3.14. The van der Waals surface area contributed by atoms with Crippen LogP contribution in [-0.4, -0.2) is 24.0 Å². The molecule has 23 heavy (non-hydrogen) atoms. The first kappa shape index (κ1) is 16.0. The lowest BCUT2D eigenvalue weighted by Gasteiger charge is -2.14. The molecule has 1 aliphatic heterocycles. The number of rotatable bonds is 5. The summed E-state index contributed by atoms with van der Waals surface area (Å²) in [4.78, 5) is 17.5. The number of carbonyl (C=O) groups excluding carboxylic acids is 1. The number of thiazole rings is 1. The van der Waals surface area contributed by atoms with Crippen molar-refractivity contribution in [2.24, 2.45) is 5.92 Å². The number of para-hydroxylation sites is 1. The number of aromatic nitrogens is 1. The molecule has 0 aliphatic carbocycles. The van der Waals surface area contributed by atoms with E-state index in [1.54, 1.807) is 11.3 Å². The fourth-order valence-corrected chi connectivity index (χ4v) is 3.66. The lowest BCUT2D eigenvalue weighted by atomic mass is 9.97. The van der Waals surface area contributed by atoms with Gasteiger partial charge in [0, 0.05) is 17.8 Å². The number of carbonyl (C=O) groups is 1. The van der Waals surface area contributed by atoms with Gasteiger partial charge in [0.25, 0.3) is 0 Å². The van der Waals surface area contributed by atoms with Gasteiger partial charge in [0.15, 0.2) is 0 Å². The van der Waals surface area contributed by atoms with Gasteiger partial charge in [-0.1, -0.05) is 18.2 Å². The van der Waals surface area contributed by atoms with E-state index in [0.29, 0.717) is 12.3 Å². The Kier molecular flexibility index (Phi) is 5.28. The Labute approximate surface area is 140 Å². The second-order valence-corrected chi connectivity index (χ2v) is 6.92. The van der Waals surface area contributed by atoms with Crippen LogP contribution in [0.4, 0.5) is 0 Å². The highest BCUT2D eigenvalue weighted by atomic mass is 32.1. The van der Waals surface area contributed by atoms with Crippen LogP contribution in [0, 0.1) is 12.8 Å². The van der Waals surface area contributed by atoms with Crippen LogP contribution < -0.4 is 10.1 Å². The van der Waals surface area contributed by atoms with Crippen molar-refractivity contribution < 1.29 is 9.53 Å².